The fourth-order valence-electron chi connectivity index (χ4n) is 3.19. The zero-order chi connectivity index (χ0) is 20.3. The summed E-state index contributed by atoms with van der Waals surface area (Å²) >= 11 is 0. The van der Waals surface area contributed by atoms with Gasteiger partial charge >= 0.3 is 0 Å². The van der Waals surface area contributed by atoms with Crippen LogP contribution >= 0.6 is 0 Å². The number of rotatable bonds is 7. The number of hydrogen-bond acceptors (Lipinski definition) is 5. The fourth-order valence-corrected chi connectivity index (χ4v) is 3.19. The Kier molecular flexibility index (Phi) is 5.80. The number of carbonyl (C=O) groups is 2. The minimum absolute atomic E-state index is 0.200. The van der Waals surface area contributed by atoms with Gasteiger partial charge < -0.3 is 14.8 Å². The Hall–Kier alpha value is -3.12. The van der Waals surface area contributed by atoms with E-state index < -0.39 is 0 Å². The summed E-state index contributed by atoms with van der Waals surface area (Å²) in [5.74, 6) is -0.00595. The lowest BCUT2D eigenvalue weighted by atomic mass is 10.0. The molecule has 1 N–H and O–H groups in total. The molecular formula is C22H24N2O4. The Morgan fingerprint density at radius 3 is 2.29 bits per heavy atom. The van der Waals surface area contributed by atoms with Crippen LogP contribution in [-0.4, -0.2) is 44.1 Å². The van der Waals surface area contributed by atoms with Gasteiger partial charge in [0.15, 0.2) is 0 Å². The Labute approximate surface area is 164 Å². The Morgan fingerprint density at radius 1 is 0.964 bits per heavy atom. The lowest BCUT2D eigenvalue weighted by Crippen LogP contribution is -2.35. The normalized spacial score (nSPS) is 14.1. The van der Waals surface area contributed by atoms with Gasteiger partial charge in [-0.3, -0.25) is 14.5 Å². The molecule has 2 aromatic carbocycles. The van der Waals surface area contributed by atoms with Crippen molar-refractivity contribution in [2.75, 3.05) is 32.7 Å². The number of carbonyl (C=O) groups excluding carboxylic acids is 2. The maximum atomic E-state index is 13.0. The van der Waals surface area contributed by atoms with E-state index in [1.807, 2.05) is 32.0 Å². The molecule has 1 heterocycles. The topological polar surface area (TPSA) is 67.9 Å². The maximum absolute atomic E-state index is 13.0. The molecule has 146 valence electrons. The molecule has 28 heavy (non-hydrogen) atoms. The summed E-state index contributed by atoms with van der Waals surface area (Å²) in [5.41, 5.74) is 4.20. The van der Waals surface area contributed by atoms with Crippen molar-refractivity contribution >= 4 is 23.1 Å². The highest BCUT2D eigenvalue weighted by Crippen LogP contribution is 2.32. The molecule has 2 aromatic rings. The predicted molar refractivity (Wildman–Crippen MR) is 108 cm³/mol. The first-order valence-electron chi connectivity index (χ1n) is 9.04. The third-order valence-corrected chi connectivity index (χ3v) is 4.71. The number of hydrogen-bond donors (Lipinski definition) is 1. The van der Waals surface area contributed by atoms with Gasteiger partial charge in [0, 0.05) is 12.8 Å². The molecule has 1 aliphatic heterocycles. The summed E-state index contributed by atoms with van der Waals surface area (Å²) in [6, 6.07) is 13.0. The first-order chi connectivity index (χ1) is 13.5. The zero-order valence-corrected chi connectivity index (χ0v) is 16.5. The van der Waals surface area contributed by atoms with Gasteiger partial charge in [-0.15, -0.1) is 0 Å². The van der Waals surface area contributed by atoms with Crippen molar-refractivity contribution in [3.8, 4) is 5.75 Å². The number of benzene rings is 2. The molecule has 2 amide bonds. The van der Waals surface area contributed by atoms with E-state index in [0.29, 0.717) is 16.9 Å². The van der Waals surface area contributed by atoms with Gasteiger partial charge in [-0.05, 0) is 43.2 Å². The van der Waals surface area contributed by atoms with E-state index >= 15 is 0 Å². The van der Waals surface area contributed by atoms with E-state index in [-0.39, 0.29) is 30.7 Å². The van der Waals surface area contributed by atoms with Crippen LogP contribution < -0.4 is 10.1 Å². The molecule has 0 radical (unpaired) electrons. The average molecular weight is 380 g/mol. The molecular weight excluding hydrogens is 356 g/mol. The molecule has 0 spiro atoms. The minimum atomic E-state index is -0.354. The first kappa shape index (κ1) is 19.6. The molecule has 0 saturated carbocycles. The van der Waals surface area contributed by atoms with E-state index in [1.165, 1.54) is 12.0 Å². The van der Waals surface area contributed by atoms with Crippen molar-refractivity contribution in [1.82, 2.24) is 4.90 Å². The number of aryl methyl sites for hydroxylation is 2. The largest absolute Gasteiger partial charge is 0.497 e. The highest BCUT2D eigenvalue weighted by Gasteiger charge is 2.39. The van der Waals surface area contributed by atoms with Gasteiger partial charge in [0.2, 0.25) is 0 Å². The lowest BCUT2D eigenvalue weighted by molar-refractivity contribution is -0.137. The summed E-state index contributed by atoms with van der Waals surface area (Å²) < 4.78 is 10.2. The average Bonchev–Trinajstić information content (AvgIpc) is 2.92. The van der Waals surface area contributed by atoms with Crippen LogP contribution in [0.2, 0.25) is 0 Å². The summed E-state index contributed by atoms with van der Waals surface area (Å²) in [6.45, 7) is 4.46. The van der Waals surface area contributed by atoms with E-state index in [4.69, 9.17) is 9.47 Å². The number of nitrogens with zero attached hydrogens (tertiary/aromatic N) is 1. The van der Waals surface area contributed by atoms with Crippen LogP contribution in [-0.2, 0) is 14.3 Å². The van der Waals surface area contributed by atoms with Crippen molar-refractivity contribution in [2.45, 2.75) is 13.8 Å². The van der Waals surface area contributed by atoms with Crippen molar-refractivity contribution < 1.29 is 19.1 Å². The number of imide groups is 1. The maximum Gasteiger partial charge on any atom is 0.278 e. The Balaban J connectivity index is 2.05. The summed E-state index contributed by atoms with van der Waals surface area (Å²) in [5, 5.41) is 3.20. The van der Waals surface area contributed by atoms with Gasteiger partial charge in [0.25, 0.3) is 11.8 Å². The number of anilines is 1. The molecule has 0 fully saturated rings. The van der Waals surface area contributed by atoms with Gasteiger partial charge in [0.1, 0.15) is 11.4 Å². The zero-order valence-electron chi connectivity index (χ0n) is 16.5. The van der Waals surface area contributed by atoms with E-state index in [0.717, 1.165) is 16.8 Å². The highest BCUT2D eigenvalue weighted by molar-refractivity contribution is 6.36. The van der Waals surface area contributed by atoms with Gasteiger partial charge in [0.05, 0.1) is 25.8 Å². The van der Waals surface area contributed by atoms with E-state index in [9.17, 15) is 9.59 Å². The second-order valence-corrected chi connectivity index (χ2v) is 6.68. The van der Waals surface area contributed by atoms with Crippen molar-refractivity contribution in [3.05, 3.63) is 64.9 Å². The van der Waals surface area contributed by atoms with E-state index in [2.05, 4.69) is 5.32 Å². The van der Waals surface area contributed by atoms with Crippen LogP contribution in [0.1, 0.15) is 16.7 Å². The van der Waals surface area contributed by atoms with Gasteiger partial charge in [-0.1, -0.05) is 29.8 Å². The standard InChI is InChI=1S/C22H24N2O4/c1-14-5-10-18(15(2)13-14)23-20-19(16-6-8-17(28-4)9-7-16)21(25)24(22(20)26)11-12-27-3/h5-10,13,23H,11-12H2,1-4H3. The molecule has 6 heteroatoms. The second kappa shape index (κ2) is 8.27. The molecule has 1 aliphatic rings. The molecule has 3 rings (SSSR count). The number of methoxy groups -OCH3 is 2. The van der Waals surface area contributed by atoms with Crippen LogP contribution in [0.4, 0.5) is 5.69 Å². The van der Waals surface area contributed by atoms with Gasteiger partial charge in [-0.25, -0.2) is 0 Å². The lowest BCUT2D eigenvalue weighted by Gasteiger charge is -2.15. The fraction of sp³-hybridized carbons (Fsp3) is 0.273. The summed E-state index contributed by atoms with van der Waals surface area (Å²) in [7, 11) is 3.12. The minimum Gasteiger partial charge on any atom is -0.497 e. The molecule has 0 unspecified atom stereocenters. The molecule has 0 bridgehead atoms. The van der Waals surface area contributed by atoms with Crippen LogP contribution in [0.15, 0.2) is 48.2 Å². The third kappa shape index (κ3) is 3.77. The monoisotopic (exact) mass is 380 g/mol. The van der Waals surface area contributed by atoms with Crippen molar-refractivity contribution in [3.63, 3.8) is 0 Å². The Morgan fingerprint density at radius 2 is 1.68 bits per heavy atom. The third-order valence-electron chi connectivity index (χ3n) is 4.71. The van der Waals surface area contributed by atoms with Crippen LogP contribution in [0, 0.1) is 13.8 Å². The first-order valence-corrected chi connectivity index (χ1v) is 9.04. The predicted octanol–water partition coefficient (Wildman–Crippen LogP) is 3.15. The molecule has 0 atom stereocenters. The van der Waals surface area contributed by atoms with Crippen LogP contribution in [0.25, 0.3) is 5.57 Å². The summed E-state index contributed by atoms with van der Waals surface area (Å²) in [6.07, 6.45) is 0. The molecule has 6 nitrogen and oxygen atoms in total. The summed E-state index contributed by atoms with van der Waals surface area (Å²) in [4.78, 5) is 27.3. The van der Waals surface area contributed by atoms with Gasteiger partial charge in [-0.2, -0.15) is 0 Å². The molecule has 0 saturated heterocycles. The number of ether oxygens (including phenoxy) is 2. The SMILES string of the molecule is COCCN1C(=O)C(Nc2ccc(C)cc2C)=C(c2ccc(OC)cc2)C1=O. The molecule has 0 aliphatic carbocycles. The number of nitrogens with one attached hydrogen (secondary N) is 1. The number of amides is 2. The smallest absolute Gasteiger partial charge is 0.278 e. The molecule has 0 aromatic heterocycles. The second-order valence-electron chi connectivity index (χ2n) is 6.68. The highest BCUT2D eigenvalue weighted by atomic mass is 16.5. The Bertz CT molecular complexity index is 932. The van der Waals surface area contributed by atoms with Crippen molar-refractivity contribution in [2.24, 2.45) is 0 Å². The van der Waals surface area contributed by atoms with Crippen molar-refractivity contribution in [1.29, 1.82) is 0 Å². The quantitative estimate of drug-likeness (QED) is 0.748. The van der Waals surface area contributed by atoms with Crippen LogP contribution in [0.5, 0.6) is 5.75 Å². The van der Waals surface area contributed by atoms with E-state index in [1.54, 1.807) is 31.4 Å². The van der Waals surface area contributed by atoms with Crippen LogP contribution in [0.3, 0.4) is 0 Å².